The first-order valence-electron chi connectivity index (χ1n) is 5.48. The molecule has 0 aliphatic heterocycles. The fraction of sp³-hybridized carbons (Fsp3) is 0.462. The summed E-state index contributed by atoms with van der Waals surface area (Å²) in [6.45, 7) is 6.68. The molecule has 0 heterocycles. The highest BCUT2D eigenvalue weighted by atomic mass is 79.9. The SMILES string of the molecule is Cc1ccc(CNC(=O)C(Br)C(C)C)cc1. The molecular weight excluding hydrogens is 266 g/mol. The molecule has 0 saturated carbocycles. The van der Waals surface area contributed by atoms with Gasteiger partial charge in [-0.1, -0.05) is 59.6 Å². The molecule has 3 heteroatoms. The van der Waals surface area contributed by atoms with Gasteiger partial charge in [-0.2, -0.15) is 0 Å². The van der Waals surface area contributed by atoms with Crippen molar-refractivity contribution in [3.63, 3.8) is 0 Å². The van der Waals surface area contributed by atoms with Crippen LogP contribution in [0.5, 0.6) is 0 Å². The Labute approximate surface area is 106 Å². The molecule has 0 bridgehead atoms. The van der Waals surface area contributed by atoms with Crippen LogP contribution >= 0.6 is 15.9 Å². The second-order valence-corrected chi connectivity index (χ2v) is 5.34. The zero-order valence-electron chi connectivity index (χ0n) is 9.96. The molecule has 0 aliphatic rings. The maximum Gasteiger partial charge on any atom is 0.234 e. The Morgan fingerprint density at radius 1 is 1.31 bits per heavy atom. The number of carbonyl (C=O) groups excluding carboxylic acids is 1. The van der Waals surface area contributed by atoms with Crippen molar-refractivity contribution in [3.05, 3.63) is 35.4 Å². The largest absolute Gasteiger partial charge is 0.351 e. The number of hydrogen-bond acceptors (Lipinski definition) is 1. The molecule has 0 aromatic heterocycles. The summed E-state index contributed by atoms with van der Waals surface area (Å²) in [5.74, 6) is 0.355. The Bertz CT molecular complexity index is 345. The zero-order valence-corrected chi connectivity index (χ0v) is 11.5. The number of alkyl halides is 1. The quantitative estimate of drug-likeness (QED) is 0.846. The minimum Gasteiger partial charge on any atom is -0.351 e. The van der Waals surface area contributed by atoms with Crippen LogP contribution in [0.4, 0.5) is 0 Å². The van der Waals surface area contributed by atoms with Crippen molar-refractivity contribution in [2.45, 2.75) is 32.1 Å². The van der Waals surface area contributed by atoms with Gasteiger partial charge in [0.25, 0.3) is 0 Å². The molecule has 1 aromatic rings. The molecule has 0 spiro atoms. The maximum absolute atomic E-state index is 11.7. The van der Waals surface area contributed by atoms with E-state index in [1.54, 1.807) is 0 Å². The van der Waals surface area contributed by atoms with Crippen molar-refractivity contribution in [2.75, 3.05) is 0 Å². The zero-order chi connectivity index (χ0) is 12.1. The van der Waals surface area contributed by atoms with E-state index in [1.807, 2.05) is 26.0 Å². The normalized spacial score (nSPS) is 12.6. The minimum absolute atomic E-state index is 0.0515. The van der Waals surface area contributed by atoms with E-state index in [1.165, 1.54) is 5.56 Å². The molecule has 1 rings (SSSR count). The summed E-state index contributed by atoms with van der Waals surface area (Å²) in [5.41, 5.74) is 2.36. The van der Waals surface area contributed by atoms with E-state index in [0.29, 0.717) is 12.5 Å². The summed E-state index contributed by atoms with van der Waals surface area (Å²) in [4.78, 5) is 11.6. The van der Waals surface area contributed by atoms with Crippen LogP contribution in [0.1, 0.15) is 25.0 Å². The number of hydrogen-bond donors (Lipinski definition) is 1. The number of rotatable bonds is 4. The summed E-state index contributed by atoms with van der Waals surface area (Å²) >= 11 is 3.38. The lowest BCUT2D eigenvalue weighted by Gasteiger charge is -2.13. The van der Waals surface area contributed by atoms with Gasteiger partial charge in [-0.15, -0.1) is 0 Å². The molecule has 1 aromatic carbocycles. The topological polar surface area (TPSA) is 29.1 Å². The fourth-order valence-corrected chi connectivity index (χ4v) is 1.46. The third-order valence-corrected chi connectivity index (χ3v) is 3.90. The van der Waals surface area contributed by atoms with E-state index in [-0.39, 0.29) is 10.7 Å². The Hall–Kier alpha value is -0.830. The van der Waals surface area contributed by atoms with Gasteiger partial charge in [-0.05, 0) is 18.4 Å². The van der Waals surface area contributed by atoms with Gasteiger partial charge in [-0.25, -0.2) is 0 Å². The molecule has 0 aliphatic carbocycles. The molecule has 0 radical (unpaired) electrons. The number of amides is 1. The van der Waals surface area contributed by atoms with Crippen molar-refractivity contribution in [1.29, 1.82) is 0 Å². The highest BCUT2D eigenvalue weighted by molar-refractivity contribution is 9.10. The van der Waals surface area contributed by atoms with Crippen molar-refractivity contribution in [3.8, 4) is 0 Å². The van der Waals surface area contributed by atoms with Crippen molar-refractivity contribution >= 4 is 21.8 Å². The van der Waals surface area contributed by atoms with E-state index in [0.717, 1.165) is 5.56 Å². The summed E-state index contributed by atoms with van der Waals surface area (Å²) in [5, 5.41) is 2.91. The lowest BCUT2D eigenvalue weighted by atomic mass is 10.1. The van der Waals surface area contributed by atoms with Crippen LogP contribution in [0.3, 0.4) is 0 Å². The highest BCUT2D eigenvalue weighted by Crippen LogP contribution is 2.12. The average molecular weight is 284 g/mol. The van der Waals surface area contributed by atoms with Crippen LogP contribution in [0.25, 0.3) is 0 Å². The molecule has 2 nitrogen and oxygen atoms in total. The minimum atomic E-state index is -0.113. The van der Waals surface area contributed by atoms with E-state index in [2.05, 4.69) is 40.3 Å². The van der Waals surface area contributed by atoms with Crippen LogP contribution in [0, 0.1) is 12.8 Å². The molecule has 1 unspecified atom stereocenters. The summed E-state index contributed by atoms with van der Waals surface area (Å²) < 4.78 is 0. The van der Waals surface area contributed by atoms with Crippen LogP contribution < -0.4 is 5.32 Å². The van der Waals surface area contributed by atoms with Crippen LogP contribution in [-0.2, 0) is 11.3 Å². The molecule has 1 N–H and O–H groups in total. The van der Waals surface area contributed by atoms with Gasteiger partial charge in [0, 0.05) is 6.54 Å². The van der Waals surface area contributed by atoms with Gasteiger partial charge in [0.1, 0.15) is 0 Å². The first-order chi connectivity index (χ1) is 7.50. The summed E-state index contributed by atoms with van der Waals surface area (Å²) in [6, 6.07) is 8.17. The molecule has 1 amide bonds. The Morgan fingerprint density at radius 3 is 2.38 bits per heavy atom. The van der Waals surface area contributed by atoms with E-state index >= 15 is 0 Å². The third-order valence-electron chi connectivity index (χ3n) is 2.42. The van der Waals surface area contributed by atoms with Gasteiger partial charge in [-0.3, -0.25) is 4.79 Å². The lowest BCUT2D eigenvalue weighted by molar-refractivity contribution is -0.121. The van der Waals surface area contributed by atoms with Crippen LogP contribution in [-0.4, -0.2) is 10.7 Å². The Kier molecular flexibility index (Phi) is 5.00. The predicted octanol–water partition coefficient (Wildman–Crippen LogP) is 3.03. The molecular formula is C13H18BrNO. The van der Waals surface area contributed by atoms with Gasteiger partial charge in [0.15, 0.2) is 0 Å². The van der Waals surface area contributed by atoms with E-state index < -0.39 is 0 Å². The van der Waals surface area contributed by atoms with Gasteiger partial charge in [0.2, 0.25) is 5.91 Å². The number of nitrogens with one attached hydrogen (secondary N) is 1. The number of benzene rings is 1. The number of carbonyl (C=O) groups is 1. The number of aryl methyl sites for hydroxylation is 1. The predicted molar refractivity (Wildman–Crippen MR) is 70.6 cm³/mol. The van der Waals surface area contributed by atoms with Crippen molar-refractivity contribution in [1.82, 2.24) is 5.32 Å². The van der Waals surface area contributed by atoms with Gasteiger partial charge < -0.3 is 5.32 Å². The molecule has 16 heavy (non-hydrogen) atoms. The summed E-state index contributed by atoms with van der Waals surface area (Å²) in [6.07, 6.45) is 0. The summed E-state index contributed by atoms with van der Waals surface area (Å²) in [7, 11) is 0. The molecule has 88 valence electrons. The van der Waals surface area contributed by atoms with Crippen molar-refractivity contribution in [2.24, 2.45) is 5.92 Å². The second kappa shape index (κ2) is 6.04. The standard InChI is InChI=1S/C13H18BrNO/c1-9(2)12(14)13(16)15-8-11-6-4-10(3)5-7-11/h4-7,9,12H,8H2,1-3H3,(H,15,16). The highest BCUT2D eigenvalue weighted by Gasteiger charge is 2.17. The number of halogens is 1. The van der Waals surface area contributed by atoms with Gasteiger partial charge in [0.05, 0.1) is 4.83 Å². The van der Waals surface area contributed by atoms with E-state index in [9.17, 15) is 4.79 Å². The lowest BCUT2D eigenvalue weighted by Crippen LogP contribution is -2.33. The Morgan fingerprint density at radius 2 is 1.88 bits per heavy atom. The molecule has 1 atom stereocenters. The third kappa shape index (κ3) is 3.97. The van der Waals surface area contributed by atoms with E-state index in [4.69, 9.17) is 0 Å². The van der Waals surface area contributed by atoms with Crippen molar-refractivity contribution < 1.29 is 4.79 Å². The molecule has 0 saturated heterocycles. The maximum atomic E-state index is 11.7. The average Bonchev–Trinajstić information content (AvgIpc) is 2.26. The Balaban J connectivity index is 2.46. The smallest absolute Gasteiger partial charge is 0.234 e. The van der Waals surface area contributed by atoms with Crippen LogP contribution in [0.2, 0.25) is 0 Å². The fourth-order valence-electron chi connectivity index (χ4n) is 1.30. The van der Waals surface area contributed by atoms with Gasteiger partial charge >= 0.3 is 0 Å². The first kappa shape index (κ1) is 13.2. The first-order valence-corrected chi connectivity index (χ1v) is 6.39. The second-order valence-electron chi connectivity index (χ2n) is 4.35. The monoisotopic (exact) mass is 283 g/mol. The molecule has 0 fully saturated rings. The van der Waals surface area contributed by atoms with Crippen LogP contribution in [0.15, 0.2) is 24.3 Å².